The minimum atomic E-state index is 0.756. The lowest BCUT2D eigenvalue weighted by Gasteiger charge is -2.14. The smallest absolute Gasteiger partial charge is 0.142 e. The van der Waals surface area contributed by atoms with E-state index in [9.17, 15) is 0 Å². The summed E-state index contributed by atoms with van der Waals surface area (Å²) >= 11 is 0. The van der Waals surface area contributed by atoms with E-state index in [4.69, 9.17) is 14.2 Å². The maximum atomic E-state index is 5.87. The third kappa shape index (κ3) is 7.59. The maximum absolute atomic E-state index is 5.87. The summed E-state index contributed by atoms with van der Waals surface area (Å²) in [4.78, 5) is 0. The quantitative estimate of drug-likeness (QED) is 0.415. The van der Waals surface area contributed by atoms with Gasteiger partial charge in [0.1, 0.15) is 17.2 Å². The van der Waals surface area contributed by atoms with E-state index < -0.39 is 0 Å². The molecule has 0 aliphatic rings. The molecule has 0 aliphatic carbocycles. The molecule has 2 rings (SSSR count). The van der Waals surface area contributed by atoms with Crippen molar-refractivity contribution >= 4 is 11.4 Å². The van der Waals surface area contributed by atoms with E-state index in [0.717, 1.165) is 54.7 Å². The Hall–Kier alpha value is -2.56. The van der Waals surface area contributed by atoms with Gasteiger partial charge in [-0.25, -0.2) is 0 Å². The lowest BCUT2D eigenvalue weighted by Crippen LogP contribution is -2.14. The molecular formula is C23H34N2O3. The van der Waals surface area contributed by atoms with Crippen molar-refractivity contribution in [2.45, 2.75) is 39.0 Å². The summed E-state index contributed by atoms with van der Waals surface area (Å²) in [5, 5.41) is 6.81. The van der Waals surface area contributed by atoms with Crippen LogP contribution in [0, 0.1) is 0 Å². The molecule has 0 spiro atoms. The van der Waals surface area contributed by atoms with Gasteiger partial charge in [0.15, 0.2) is 0 Å². The molecule has 0 heterocycles. The fourth-order valence-corrected chi connectivity index (χ4v) is 2.95. The number of benzene rings is 2. The number of ether oxygens (including phenoxy) is 3. The first-order chi connectivity index (χ1) is 13.8. The van der Waals surface area contributed by atoms with Crippen LogP contribution >= 0.6 is 0 Å². The molecule has 0 fully saturated rings. The highest BCUT2D eigenvalue weighted by atomic mass is 16.5. The molecule has 0 amide bonds. The molecule has 2 aromatic carbocycles. The van der Waals surface area contributed by atoms with Crippen LogP contribution < -0.4 is 24.8 Å². The van der Waals surface area contributed by atoms with Crippen molar-refractivity contribution < 1.29 is 14.2 Å². The zero-order chi connectivity index (χ0) is 20.0. The molecule has 0 atom stereocenters. The van der Waals surface area contributed by atoms with Crippen molar-refractivity contribution in [1.82, 2.24) is 0 Å². The third-order valence-electron chi connectivity index (χ3n) is 4.53. The van der Waals surface area contributed by atoms with Gasteiger partial charge in [-0.3, -0.25) is 0 Å². The highest BCUT2D eigenvalue weighted by Crippen LogP contribution is 2.28. The Balaban J connectivity index is 1.73. The molecule has 5 heteroatoms. The first kappa shape index (κ1) is 21.7. The number of rotatable bonds is 14. The van der Waals surface area contributed by atoms with Gasteiger partial charge in [0.2, 0.25) is 0 Å². The van der Waals surface area contributed by atoms with Gasteiger partial charge in [0.05, 0.1) is 26.5 Å². The summed E-state index contributed by atoms with van der Waals surface area (Å²) < 4.78 is 16.5. The SMILES string of the molecule is CCCCCCCOc1cccc(NCCNc2cc(OC)ccc2OC)c1. The number of nitrogens with one attached hydrogen (secondary N) is 2. The summed E-state index contributed by atoms with van der Waals surface area (Å²) in [6.07, 6.45) is 6.24. The summed E-state index contributed by atoms with van der Waals surface area (Å²) in [5.41, 5.74) is 1.98. The molecule has 0 saturated carbocycles. The van der Waals surface area contributed by atoms with Crippen molar-refractivity contribution in [3.63, 3.8) is 0 Å². The normalized spacial score (nSPS) is 10.4. The molecule has 0 saturated heterocycles. The van der Waals surface area contributed by atoms with Crippen molar-refractivity contribution in [3.05, 3.63) is 42.5 Å². The highest BCUT2D eigenvalue weighted by molar-refractivity contribution is 5.60. The van der Waals surface area contributed by atoms with Gasteiger partial charge < -0.3 is 24.8 Å². The van der Waals surface area contributed by atoms with Gasteiger partial charge >= 0.3 is 0 Å². The third-order valence-corrected chi connectivity index (χ3v) is 4.53. The lowest BCUT2D eigenvalue weighted by atomic mass is 10.2. The van der Waals surface area contributed by atoms with Crippen LogP contribution in [0.5, 0.6) is 17.2 Å². The Labute approximate surface area is 169 Å². The van der Waals surface area contributed by atoms with Gasteiger partial charge in [-0.05, 0) is 30.7 Å². The van der Waals surface area contributed by atoms with Crippen LogP contribution in [-0.2, 0) is 0 Å². The summed E-state index contributed by atoms with van der Waals surface area (Å²) in [5.74, 6) is 2.52. The molecule has 28 heavy (non-hydrogen) atoms. The summed E-state index contributed by atoms with van der Waals surface area (Å²) in [6.45, 7) is 4.55. The second kappa shape index (κ2) is 12.8. The number of hydrogen-bond donors (Lipinski definition) is 2. The van der Waals surface area contributed by atoms with Crippen LogP contribution in [0.4, 0.5) is 11.4 Å². The molecular weight excluding hydrogens is 352 g/mol. The fourth-order valence-electron chi connectivity index (χ4n) is 2.95. The monoisotopic (exact) mass is 386 g/mol. The van der Waals surface area contributed by atoms with Gasteiger partial charge in [0.25, 0.3) is 0 Å². The second-order valence-electron chi connectivity index (χ2n) is 6.71. The minimum Gasteiger partial charge on any atom is -0.497 e. The van der Waals surface area contributed by atoms with Crippen LogP contribution in [0.1, 0.15) is 39.0 Å². The van der Waals surface area contributed by atoms with E-state index in [1.165, 1.54) is 25.7 Å². The van der Waals surface area contributed by atoms with Crippen LogP contribution in [0.3, 0.4) is 0 Å². The van der Waals surface area contributed by atoms with E-state index in [0.29, 0.717) is 0 Å². The number of anilines is 2. The van der Waals surface area contributed by atoms with Crippen LogP contribution in [-0.4, -0.2) is 33.9 Å². The zero-order valence-corrected chi connectivity index (χ0v) is 17.4. The van der Waals surface area contributed by atoms with E-state index in [1.807, 2.05) is 30.3 Å². The van der Waals surface area contributed by atoms with Crippen molar-refractivity contribution in [2.75, 3.05) is 44.5 Å². The molecule has 154 valence electrons. The first-order valence-electron chi connectivity index (χ1n) is 10.2. The van der Waals surface area contributed by atoms with Crippen LogP contribution in [0.15, 0.2) is 42.5 Å². The lowest BCUT2D eigenvalue weighted by molar-refractivity contribution is 0.304. The van der Waals surface area contributed by atoms with Crippen LogP contribution in [0.2, 0.25) is 0 Å². The minimum absolute atomic E-state index is 0.756. The standard InChI is InChI=1S/C23H34N2O3/c1-4-5-6-7-8-16-28-21-11-9-10-19(17-21)24-14-15-25-22-18-20(26-2)12-13-23(22)27-3/h9-13,17-18,24-25H,4-8,14-16H2,1-3H3. The Morgan fingerprint density at radius 2 is 1.61 bits per heavy atom. The highest BCUT2D eigenvalue weighted by Gasteiger charge is 2.04. The Morgan fingerprint density at radius 1 is 0.786 bits per heavy atom. The van der Waals surface area contributed by atoms with E-state index in [-0.39, 0.29) is 0 Å². The maximum Gasteiger partial charge on any atom is 0.142 e. The van der Waals surface area contributed by atoms with E-state index in [2.05, 4.69) is 29.7 Å². The van der Waals surface area contributed by atoms with Crippen molar-refractivity contribution in [1.29, 1.82) is 0 Å². The fraction of sp³-hybridized carbons (Fsp3) is 0.478. The predicted octanol–water partition coefficient (Wildman–Crippen LogP) is 5.58. The zero-order valence-electron chi connectivity index (χ0n) is 17.4. The topological polar surface area (TPSA) is 51.8 Å². The van der Waals surface area contributed by atoms with E-state index >= 15 is 0 Å². The molecule has 2 N–H and O–H groups in total. The Kier molecular flexibility index (Phi) is 9.91. The van der Waals surface area contributed by atoms with Crippen LogP contribution in [0.25, 0.3) is 0 Å². The molecule has 0 aromatic heterocycles. The van der Waals surface area contributed by atoms with Gasteiger partial charge in [-0.2, -0.15) is 0 Å². The summed E-state index contributed by atoms with van der Waals surface area (Å²) in [6, 6.07) is 13.9. The largest absolute Gasteiger partial charge is 0.497 e. The van der Waals surface area contributed by atoms with Gasteiger partial charge in [-0.1, -0.05) is 38.7 Å². The molecule has 5 nitrogen and oxygen atoms in total. The second-order valence-corrected chi connectivity index (χ2v) is 6.71. The molecule has 2 aromatic rings. The molecule has 0 aliphatic heterocycles. The van der Waals surface area contributed by atoms with Gasteiger partial charge in [-0.15, -0.1) is 0 Å². The Bertz CT molecular complexity index is 691. The van der Waals surface area contributed by atoms with Crippen molar-refractivity contribution in [2.24, 2.45) is 0 Å². The first-order valence-corrected chi connectivity index (χ1v) is 10.2. The number of methoxy groups -OCH3 is 2. The van der Waals surface area contributed by atoms with E-state index in [1.54, 1.807) is 14.2 Å². The Morgan fingerprint density at radius 3 is 2.39 bits per heavy atom. The average Bonchev–Trinajstić information content (AvgIpc) is 2.74. The number of hydrogen-bond acceptors (Lipinski definition) is 5. The number of unbranched alkanes of at least 4 members (excludes halogenated alkanes) is 4. The molecule has 0 bridgehead atoms. The molecule has 0 unspecified atom stereocenters. The van der Waals surface area contributed by atoms with Gasteiger partial charge in [0, 0.05) is 30.9 Å². The predicted molar refractivity (Wildman–Crippen MR) is 117 cm³/mol. The van der Waals surface area contributed by atoms with Crippen molar-refractivity contribution in [3.8, 4) is 17.2 Å². The summed E-state index contributed by atoms with van der Waals surface area (Å²) in [7, 11) is 3.33. The molecule has 0 radical (unpaired) electrons. The average molecular weight is 387 g/mol.